The summed E-state index contributed by atoms with van der Waals surface area (Å²) in [5.74, 6) is -1.39. The fourth-order valence-electron chi connectivity index (χ4n) is 2.72. The van der Waals surface area contributed by atoms with Crippen LogP contribution in [0.2, 0.25) is 0 Å². The van der Waals surface area contributed by atoms with Crippen LogP contribution >= 0.6 is 0 Å². The number of carbonyl (C=O) groups excluding carboxylic acids is 2. The first-order valence-electron chi connectivity index (χ1n) is 8.59. The van der Waals surface area contributed by atoms with Crippen molar-refractivity contribution < 1.29 is 32.2 Å². The zero-order chi connectivity index (χ0) is 20.9. The van der Waals surface area contributed by atoms with Gasteiger partial charge in [-0.2, -0.15) is 18.4 Å². The molecule has 0 unspecified atom stereocenters. The summed E-state index contributed by atoms with van der Waals surface area (Å²) in [6.07, 6.45) is -5.42. The number of rotatable bonds is 4. The first kappa shape index (κ1) is 21.3. The van der Waals surface area contributed by atoms with Gasteiger partial charge in [-0.25, -0.2) is 14.6 Å². The Morgan fingerprint density at radius 1 is 1.18 bits per heavy atom. The zero-order valence-electron chi connectivity index (χ0n) is 15.4. The number of amides is 1. The Morgan fingerprint density at radius 3 is 2.29 bits per heavy atom. The minimum Gasteiger partial charge on any atom is -0.462 e. The second-order valence-electron chi connectivity index (χ2n) is 5.76. The van der Waals surface area contributed by atoms with E-state index in [1.807, 2.05) is 0 Å². The van der Waals surface area contributed by atoms with E-state index in [0.29, 0.717) is 0 Å². The molecule has 0 radical (unpaired) electrons. The SMILES string of the molecule is CCOC(=O)c1cc(C#N)c(N2CCN(C(=O)OCC)CC2)nc1C(F)(F)F. The van der Waals surface area contributed by atoms with Crippen LogP contribution in [0.25, 0.3) is 0 Å². The van der Waals surface area contributed by atoms with Crippen molar-refractivity contribution in [2.75, 3.05) is 44.3 Å². The normalized spacial score (nSPS) is 14.4. The number of hydrogen-bond donors (Lipinski definition) is 0. The molecule has 0 aromatic carbocycles. The lowest BCUT2D eigenvalue weighted by molar-refractivity contribution is -0.141. The molecule has 0 spiro atoms. The highest BCUT2D eigenvalue weighted by Gasteiger charge is 2.39. The Balaban J connectivity index is 2.36. The Kier molecular flexibility index (Phi) is 6.66. The molecule has 11 heteroatoms. The Labute approximate surface area is 159 Å². The molecule has 1 fully saturated rings. The first-order chi connectivity index (χ1) is 13.2. The van der Waals surface area contributed by atoms with E-state index in [0.717, 1.165) is 6.07 Å². The third-order valence-corrected chi connectivity index (χ3v) is 3.99. The first-order valence-corrected chi connectivity index (χ1v) is 8.59. The quantitative estimate of drug-likeness (QED) is 0.716. The number of halogens is 3. The Morgan fingerprint density at radius 2 is 1.79 bits per heavy atom. The largest absolute Gasteiger partial charge is 0.462 e. The third kappa shape index (κ3) is 4.62. The number of aromatic nitrogens is 1. The second kappa shape index (κ2) is 8.77. The van der Waals surface area contributed by atoms with Gasteiger partial charge in [0.15, 0.2) is 5.69 Å². The number of nitrogens with zero attached hydrogens (tertiary/aromatic N) is 4. The Bertz CT molecular complexity index is 784. The van der Waals surface area contributed by atoms with Crippen molar-refractivity contribution in [3.8, 4) is 6.07 Å². The highest BCUT2D eigenvalue weighted by atomic mass is 19.4. The molecule has 0 N–H and O–H groups in total. The molecule has 28 heavy (non-hydrogen) atoms. The number of pyridine rings is 1. The fraction of sp³-hybridized carbons (Fsp3) is 0.529. The zero-order valence-corrected chi connectivity index (χ0v) is 15.4. The summed E-state index contributed by atoms with van der Waals surface area (Å²) in [6.45, 7) is 3.95. The number of hydrogen-bond acceptors (Lipinski definition) is 7. The summed E-state index contributed by atoms with van der Waals surface area (Å²) >= 11 is 0. The number of esters is 1. The van der Waals surface area contributed by atoms with Gasteiger partial charge >= 0.3 is 18.2 Å². The summed E-state index contributed by atoms with van der Waals surface area (Å²) in [5.41, 5.74) is -2.40. The van der Waals surface area contributed by atoms with Crippen LogP contribution in [0.5, 0.6) is 0 Å². The van der Waals surface area contributed by atoms with Gasteiger partial charge in [-0.05, 0) is 19.9 Å². The number of ether oxygens (including phenoxy) is 2. The van der Waals surface area contributed by atoms with Gasteiger partial charge < -0.3 is 19.3 Å². The molecular weight excluding hydrogens is 381 g/mol. The number of piperazine rings is 1. The van der Waals surface area contributed by atoms with E-state index in [2.05, 4.69) is 9.72 Å². The van der Waals surface area contributed by atoms with Gasteiger partial charge in [0.1, 0.15) is 11.9 Å². The van der Waals surface area contributed by atoms with Gasteiger partial charge in [-0.1, -0.05) is 0 Å². The molecule has 0 bridgehead atoms. The fourth-order valence-corrected chi connectivity index (χ4v) is 2.72. The molecule has 1 aliphatic heterocycles. The van der Waals surface area contributed by atoms with Crippen LogP contribution in [0.15, 0.2) is 6.07 Å². The molecule has 152 valence electrons. The standard InChI is InChI=1S/C17H19F3N4O4/c1-3-27-15(25)12-9-11(10-21)14(22-13(12)17(18,19)20)23-5-7-24(8-6-23)16(26)28-4-2/h9H,3-8H2,1-2H3. The summed E-state index contributed by atoms with van der Waals surface area (Å²) in [5, 5.41) is 9.35. The molecule has 1 aliphatic rings. The predicted octanol–water partition coefficient (Wildman–Crippen LogP) is 2.43. The van der Waals surface area contributed by atoms with E-state index >= 15 is 0 Å². The predicted molar refractivity (Wildman–Crippen MR) is 90.7 cm³/mol. The van der Waals surface area contributed by atoms with Crippen LogP contribution in [0.4, 0.5) is 23.8 Å². The van der Waals surface area contributed by atoms with E-state index < -0.39 is 29.5 Å². The van der Waals surface area contributed by atoms with Crippen molar-refractivity contribution in [1.29, 1.82) is 5.26 Å². The highest BCUT2D eigenvalue weighted by Crippen LogP contribution is 2.34. The molecule has 8 nitrogen and oxygen atoms in total. The summed E-state index contributed by atoms with van der Waals surface area (Å²) in [4.78, 5) is 30.1. The average Bonchev–Trinajstić information content (AvgIpc) is 2.66. The van der Waals surface area contributed by atoms with Gasteiger partial charge in [-0.3, -0.25) is 0 Å². The topological polar surface area (TPSA) is 95.8 Å². The van der Waals surface area contributed by atoms with E-state index in [1.165, 1.54) is 16.7 Å². The van der Waals surface area contributed by atoms with Crippen molar-refractivity contribution in [3.05, 3.63) is 22.9 Å². The minimum atomic E-state index is -4.91. The highest BCUT2D eigenvalue weighted by molar-refractivity contribution is 5.92. The second-order valence-corrected chi connectivity index (χ2v) is 5.76. The summed E-state index contributed by atoms with van der Waals surface area (Å²) < 4.78 is 49.9. The van der Waals surface area contributed by atoms with E-state index in [9.17, 15) is 28.0 Å². The average molecular weight is 400 g/mol. The molecule has 2 rings (SSSR count). The van der Waals surface area contributed by atoms with Crippen LogP contribution in [0.3, 0.4) is 0 Å². The Hall–Kier alpha value is -3.03. The number of nitriles is 1. The molecule has 1 saturated heterocycles. The van der Waals surface area contributed by atoms with Crippen LogP contribution in [0, 0.1) is 11.3 Å². The van der Waals surface area contributed by atoms with E-state index in [4.69, 9.17) is 4.74 Å². The lowest BCUT2D eigenvalue weighted by Crippen LogP contribution is -2.49. The van der Waals surface area contributed by atoms with Gasteiger partial charge in [0.2, 0.25) is 0 Å². The summed E-state index contributed by atoms with van der Waals surface area (Å²) in [7, 11) is 0. The molecular formula is C17H19F3N4O4. The third-order valence-electron chi connectivity index (χ3n) is 3.99. The number of alkyl halides is 3. The van der Waals surface area contributed by atoms with E-state index in [-0.39, 0.29) is 50.8 Å². The van der Waals surface area contributed by atoms with Crippen molar-refractivity contribution in [2.45, 2.75) is 20.0 Å². The van der Waals surface area contributed by atoms with Crippen LogP contribution in [-0.2, 0) is 15.7 Å². The minimum absolute atomic E-state index is 0.115. The molecule has 2 heterocycles. The van der Waals surface area contributed by atoms with Crippen molar-refractivity contribution in [3.63, 3.8) is 0 Å². The molecule has 1 aromatic rings. The smallest absolute Gasteiger partial charge is 0.434 e. The van der Waals surface area contributed by atoms with Crippen molar-refractivity contribution >= 4 is 17.9 Å². The van der Waals surface area contributed by atoms with Crippen molar-refractivity contribution in [1.82, 2.24) is 9.88 Å². The number of carbonyl (C=O) groups is 2. The maximum absolute atomic E-state index is 13.4. The number of anilines is 1. The lowest BCUT2D eigenvalue weighted by Gasteiger charge is -2.35. The molecule has 0 atom stereocenters. The van der Waals surface area contributed by atoms with E-state index in [1.54, 1.807) is 13.0 Å². The van der Waals surface area contributed by atoms with Crippen LogP contribution in [0.1, 0.15) is 35.5 Å². The van der Waals surface area contributed by atoms with Crippen LogP contribution < -0.4 is 4.90 Å². The molecule has 0 aliphatic carbocycles. The maximum Gasteiger partial charge on any atom is 0.434 e. The monoisotopic (exact) mass is 400 g/mol. The maximum atomic E-state index is 13.4. The molecule has 0 saturated carbocycles. The summed E-state index contributed by atoms with van der Waals surface area (Å²) in [6, 6.07) is 2.63. The van der Waals surface area contributed by atoms with Gasteiger partial charge in [0, 0.05) is 26.2 Å². The molecule has 1 amide bonds. The van der Waals surface area contributed by atoms with Gasteiger partial charge in [0.05, 0.1) is 24.3 Å². The van der Waals surface area contributed by atoms with Gasteiger partial charge in [0.25, 0.3) is 0 Å². The van der Waals surface area contributed by atoms with Crippen molar-refractivity contribution in [2.24, 2.45) is 0 Å². The van der Waals surface area contributed by atoms with Gasteiger partial charge in [-0.15, -0.1) is 0 Å². The molecule has 1 aromatic heterocycles. The lowest BCUT2D eigenvalue weighted by atomic mass is 10.1. The van der Waals surface area contributed by atoms with Crippen LogP contribution in [-0.4, -0.2) is 61.3 Å².